The lowest BCUT2D eigenvalue weighted by Crippen LogP contribution is -2.16. The second kappa shape index (κ2) is 6.14. The molecule has 0 radical (unpaired) electrons. The smallest absolute Gasteiger partial charge is 0.129 e. The standard InChI is InChI=1S/C17H21NSi2/c1-19(2,3)11-9-16-8-7-15(14-18)13-17(16)10-12-20(4,5)6/h7-8,13H,1-6H3. The fourth-order valence-corrected chi connectivity index (χ4v) is 2.36. The van der Waals surface area contributed by atoms with Crippen LogP contribution < -0.4 is 0 Å². The molecule has 0 bridgehead atoms. The maximum Gasteiger partial charge on any atom is 0.129 e. The van der Waals surface area contributed by atoms with Crippen LogP contribution in [0.4, 0.5) is 0 Å². The first kappa shape index (κ1) is 16.3. The molecule has 0 aromatic heterocycles. The molecule has 0 atom stereocenters. The first-order valence-corrected chi connectivity index (χ1v) is 13.7. The van der Waals surface area contributed by atoms with E-state index in [9.17, 15) is 0 Å². The molecule has 0 aliphatic heterocycles. The first-order valence-electron chi connectivity index (χ1n) is 6.71. The zero-order valence-corrected chi connectivity index (χ0v) is 15.2. The Labute approximate surface area is 125 Å². The van der Waals surface area contributed by atoms with Gasteiger partial charge in [-0.1, -0.05) is 51.1 Å². The molecule has 0 saturated carbocycles. The second-order valence-corrected chi connectivity index (χ2v) is 16.4. The molecule has 20 heavy (non-hydrogen) atoms. The molecule has 0 aliphatic rings. The molecule has 102 valence electrons. The molecule has 0 amide bonds. The van der Waals surface area contributed by atoms with Crippen molar-refractivity contribution in [3.63, 3.8) is 0 Å². The molecule has 0 heterocycles. The van der Waals surface area contributed by atoms with Crippen LogP contribution >= 0.6 is 0 Å². The topological polar surface area (TPSA) is 23.8 Å². The lowest BCUT2D eigenvalue weighted by atomic mass is 10.1. The Morgan fingerprint density at radius 3 is 1.75 bits per heavy atom. The minimum Gasteiger partial charge on any atom is -0.192 e. The molecule has 0 N–H and O–H groups in total. The Kier molecular flexibility index (Phi) is 5.01. The maximum absolute atomic E-state index is 9.02. The van der Waals surface area contributed by atoms with Crippen LogP contribution in [-0.4, -0.2) is 16.1 Å². The Balaban J connectivity index is 3.34. The lowest BCUT2D eigenvalue weighted by molar-refractivity contribution is 1.47. The molecule has 1 aromatic carbocycles. The summed E-state index contributed by atoms with van der Waals surface area (Å²) in [5.41, 5.74) is 9.18. The average Bonchev–Trinajstić information content (AvgIpc) is 2.32. The van der Waals surface area contributed by atoms with Gasteiger partial charge >= 0.3 is 0 Å². The molecule has 1 nitrogen and oxygen atoms in total. The molecule has 1 aromatic rings. The van der Waals surface area contributed by atoms with E-state index in [1.54, 1.807) is 0 Å². The zero-order chi connectivity index (χ0) is 15.4. The third-order valence-electron chi connectivity index (χ3n) is 2.29. The minimum absolute atomic E-state index is 0.642. The van der Waals surface area contributed by atoms with Crippen molar-refractivity contribution in [1.82, 2.24) is 0 Å². The maximum atomic E-state index is 9.02. The van der Waals surface area contributed by atoms with Crippen LogP contribution in [0.1, 0.15) is 16.7 Å². The molecular formula is C17H21NSi2. The molecule has 3 heteroatoms. The van der Waals surface area contributed by atoms with E-state index >= 15 is 0 Å². The first-order chi connectivity index (χ1) is 9.11. The van der Waals surface area contributed by atoms with Crippen LogP contribution in [0.2, 0.25) is 39.3 Å². The molecule has 1 rings (SSSR count). The summed E-state index contributed by atoms with van der Waals surface area (Å²) in [6.45, 7) is 13.3. The van der Waals surface area contributed by atoms with Gasteiger partial charge in [0.05, 0.1) is 11.6 Å². The fourth-order valence-electron chi connectivity index (χ4n) is 1.34. The van der Waals surface area contributed by atoms with Crippen molar-refractivity contribution in [2.45, 2.75) is 39.3 Å². The van der Waals surface area contributed by atoms with E-state index in [0.717, 1.165) is 11.1 Å². The molecular weight excluding hydrogens is 274 g/mol. The number of nitriles is 1. The summed E-state index contributed by atoms with van der Waals surface area (Å²) >= 11 is 0. The van der Waals surface area contributed by atoms with Gasteiger partial charge in [-0.25, -0.2) is 0 Å². The van der Waals surface area contributed by atoms with Gasteiger partial charge in [0.25, 0.3) is 0 Å². The van der Waals surface area contributed by atoms with Crippen molar-refractivity contribution in [1.29, 1.82) is 5.26 Å². The van der Waals surface area contributed by atoms with E-state index in [0.29, 0.717) is 5.56 Å². The van der Waals surface area contributed by atoms with Gasteiger partial charge in [-0.2, -0.15) is 5.26 Å². The summed E-state index contributed by atoms with van der Waals surface area (Å²) in [7, 11) is -2.84. The van der Waals surface area contributed by atoms with Crippen molar-refractivity contribution in [2.24, 2.45) is 0 Å². The highest BCUT2D eigenvalue weighted by Gasteiger charge is 2.10. The van der Waals surface area contributed by atoms with Crippen LogP contribution in [0.5, 0.6) is 0 Å². The molecule has 0 fully saturated rings. The molecule has 0 aliphatic carbocycles. The highest BCUT2D eigenvalue weighted by molar-refractivity contribution is 6.84. The van der Waals surface area contributed by atoms with E-state index in [1.807, 2.05) is 18.2 Å². The van der Waals surface area contributed by atoms with E-state index in [-0.39, 0.29) is 0 Å². The highest BCUT2D eigenvalue weighted by Crippen LogP contribution is 2.11. The fraction of sp³-hybridized carbons (Fsp3) is 0.353. The SMILES string of the molecule is C[Si](C)(C)C#Cc1ccc(C#N)cc1C#C[Si](C)(C)C. The summed E-state index contributed by atoms with van der Waals surface area (Å²) in [4.78, 5) is 0. The lowest BCUT2D eigenvalue weighted by Gasteiger charge is -2.06. The van der Waals surface area contributed by atoms with Gasteiger partial charge in [-0.3, -0.25) is 0 Å². The summed E-state index contributed by atoms with van der Waals surface area (Å²) in [5.74, 6) is 6.49. The Hall–Kier alpha value is -1.74. The van der Waals surface area contributed by atoms with E-state index in [2.05, 4.69) is 68.3 Å². The van der Waals surface area contributed by atoms with Crippen molar-refractivity contribution in [3.8, 4) is 29.0 Å². The summed E-state index contributed by atoms with van der Waals surface area (Å²) in [6, 6.07) is 7.75. The van der Waals surface area contributed by atoms with Crippen molar-refractivity contribution >= 4 is 16.1 Å². The van der Waals surface area contributed by atoms with E-state index in [4.69, 9.17) is 5.26 Å². The monoisotopic (exact) mass is 295 g/mol. The number of rotatable bonds is 0. The Morgan fingerprint density at radius 2 is 1.30 bits per heavy atom. The summed E-state index contributed by atoms with van der Waals surface area (Å²) in [5, 5.41) is 9.02. The van der Waals surface area contributed by atoms with Gasteiger partial charge in [0.2, 0.25) is 0 Å². The van der Waals surface area contributed by atoms with Gasteiger partial charge in [0.1, 0.15) is 16.1 Å². The number of nitrogens with zero attached hydrogens (tertiary/aromatic N) is 1. The predicted molar refractivity (Wildman–Crippen MR) is 91.6 cm³/mol. The number of hydrogen-bond donors (Lipinski definition) is 0. The van der Waals surface area contributed by atoms with Gasteiger partial charge in [-0.15, -0.1) is 11.1 Å². The van der Waals surface area contributed by atoms with Crippen molar-refractivity contribution < 1.29 is 0 Å². The zero-order valence-electron chi connectivity index (χ0n) is 13.2. The van der Waals surface area contributed by atoms with Crippen LogP contribution in [0.3, 0.4) is 0 Å². The van der Waals surface area contributed by atoms with E-state index in [1.165, 1.54) is 0 Å². The second-order valence-electron chi connectivity index (χ2n) is 6.87. The Morgan fingerprint density at radius 1 is 0.800 bits per heavy atom. The number of benzene rings is 1. The largest absolute Gasteiger partial charge is 0.192 e. The van der Waals surface area contributed by atoms with Crippen LogP contribution in [0.15, 0.2) is 18.2 Å². The van der Waals surface area contributed by atoms with Gasteiger partial charge < -0.3 is 0 Å². The molecule has 0 saturated heterocycles. The van der Waals surface area contributed by atoms with Crippen LogP contribution in [-0.2, 0) is 0 Å². The Bertz CT molecular complexity index is 660. The quantitative estimate of drug-likeness (QED) is 0.524. The van der Waals surface area contributed by atoms with Crippen LogP contribution in [0.25, 0.3) is 0 Å². The minimum atomic E-state index is -1.43. The van der Waals surface area contributed by atoms with Crippen molar-refractivity contribution in [2.75, 3.05) is 0 Å². The van der Waals surface area contributed by atoms with Gasteiger partial charge in [0, 0.05) is 11.1 Å². The molecule has 0 unspecified atom stereocenters. The van der Waals surface area contributed by atoms with E-state index < -0.39 is 16.1 Å². The predicted octanol–water partition coefficient (Wildman–Crippen LogP) is 4.02. The number of hydrogen-bond acceptors (Lipinski definition) is 1. The third-order valence-corrected chi connectivity index (χ3v) is 4.04. The van der Waals surface area contributed by atoms with Gasteiger partial charge in [-0.05, 0) is 18.2 Å². The third kappa shape index (κ3) is 5.94. The van der Waals surface area contributed by atoms with Crippen molar-refractivity contribution in [3.05, 3.63) is 34.9 Å². The van der Waals surface area contributed by atoms with Gasteiger partial charge in [0.15, 0.2) is 0 Å². The summed E-state index contributed by atoms with van der Waals surface area (Å²) < 4.78 is 0. The molecule has 0 spiro atoms. The van der Waals surface area contributed by atoms with Crippen LogP contribution in [0, 0.1) is 34.3 Å². The summed E-state index contributed by atoms with van der Waals surface area (Å²) in [6.07, 6.45) is 0. The normalized spacial score (nSPS) is 10.7. The average molecular weight is 296 g/mol. The highest BCUT2D eigenvalue weighted by atomic mass is 28.3.